The summed E-state index contributed by atoms with van der Waals surface area (Å²) in [5.41, 5.74) is 1.76. The summed E-state index contributed by atoms with van der Waals surface area (Å²) in [6.07, 6.45) is 0. The van der Waals surface area contributed by atoms with Crippen LogP contribution in [0.5, 0.6) is 0 Å². The molecule has 0 aliphatic heterocycles. The van der Waals surface area contributed by atoms with Crippen LogP contribution in [0, 0.1) is 0 Å². The molecule has 0 spiro atoms. The average Bonchev–Trinajstić information content (AvgIpc) is 3.01. The lowest BCUT2D eigenvalue weighted by atomic mass is 10.1. The summed E-state index contributed by atoms with van der Waals surface area (Å²) >= 11 is 18.2. The second-order valence-corrected chi connectivity index (χ2v) is 6.33. The van der Waals surface area contributed by atoms with Crippen LogP contribution in [0.4, 0.5) is 0 Å². The number of oxazole rings is 1. The van der Waals surface area contributed by atoms with Crippen LogP contribution in [0.3, 0.4) is 0 Å². The molecule has 0 N–H and O–H groups in total. The molecule has 0 aliphatic rings. The Hall–Kier alpha value is -2.01. The summed E-state index contributed by atoms with van der Waals surface area (Å²) in [5.74, 6) is -0.436. The Kier molecular flexibility index (Phi) is 5.33. The smallest absolute Gasteiger partial charge is 0.394 e. The van der Waals surface area contributed by atoms with Gasteiger partial charge in [0.1, 0.15) is 5.69 Å². The number of esters is 1. The third-order valence-corrected chi connectivity index (χ3v) is 4.17. The summed E-state index contributed by atoms with van der Waals surface area (Å²) in [4.78, 5) is 16.3. The van der Waals surface area contributed by atoms with Gasteiger partial charge < -0.3 is 9.15 Å². The molecular weight excluding hydrogens is 385 g/mol. The van der Waals surface area contributed by atoms with E-state index in [1.807, 2.05) is 0 Å². The first kappa shape index (κ1) is 17.8. The largest absolute Gasteiger partial charge is 0.459 e. The van der Waals surface area contributed by atoms with Gasteiger partial charge in [-0.1, -0.05) is 46.9 Å². The lowest BCUT2D eigenvalue weighted by molar-refractivity contribution is 0.0482. The molecule has 2 aromatic carbocycles. The standard InChI is InChI=1S/C18H12Cl3NO3/c1-2-24-18(23)17-22-15(10-3-5-11(19)6-4-10)16(25-17)13-8-7-12(20)9-14(13)21/h3-9H,2H2,1H3. The van der Waals surface area contributed by atoms with Crippen LogP contribution in [0.2, 0.25) is 15.1 Å². The van der Waals surface area contributed by atoms with Gasteiger partial charge in [-0.2, -0.15) is 0 Å². The second-order valence-electron chi connectivity index (χ2n) is 5.05. The molecule has 25 heavy (non-hydrogen) atoms. The highest BCUT2D eigenvalue weighted by Gasteiger charge is 2.23. The van der Waals surface area contributed by atoms with Crippen molar-refractivity contribution >= 4 is 40.8 Å². The SMILES string of the molecule is CCOC(=O)c1nc(-c2ccc(Cl)cc2)c(-c2ccc(Cl)cc2Cl)o1. The van der Waals surface area contributed by atoms with Gasteiger partial charge in [-0.25, -0.2) is 9.78 Å². The minimum absolute atomic E-state index is 0.146. The third kappa shape index (κ3) is 3.82. The zero-order valence-corrected chi connectivity index (χ0v) is 15.3. The lowest BCUT2D eigenvalue weighted by Gasteiger charge is -2.04. The van der Waals surface area contributed by atoms with Crippen molar-refractivity contribution in [2.45, 2.75) is 6.92 Å². The van der Waals surface area contributed by atoms with Gasteiger partial charge in [0.25, 0.3) is 0 Å². The molecule has 0 unspecified atom stereocenters. The molecule has 128 valence electrons. The lowest BCUT2D eigenvalue weighted by Crippen LogP contribution is -2.04. The highest BCUT2D eigenvalue weighted by atomic mass is 35.5. The van der Waals surface area contributed by atoms with E-state index in [1.165, 1.54) is 0 Å². The Morgan fingerprint density at radius 2 is 1.76 bits per heavy atom. The van der Waals surface area contributed by atoms with Gasteiger partial charge in [-0.3, -0.25) is 0 Å². The average molecular weight is 397 g/mol. The summed E-state index contributed by atoms with van der Waals surface area (Å²) in [6, 6.07) is 12.0. The maximum absolute atomic E-state index is 12.0. The number of carbonyl (C=O) groups is 1. The van der Waals surface area contributed by atoms with Crippen molar-refractivity contribution in [3.8, 4) is 22.6 Å². The zero-order chi connectivity index (χ0) is 18.0. The maximum Gasteiger partial charge on any atom is 0.394 e. The van der Waals surface area contributed by atoms with Gasteiger partial charge in [0.2, 0.25) is 0 Å². The number of carbonyl (C=O) groups excluding carboxylic acids is 1. The van der Waals surface area contributed by atoms with Gasteiger partial charge >= 0.3 is 11.9 Å². The van der Waals surface area contributed by atoms with Gasteiger partial charge in [0.15, 0.2) is 5.76 Å². The molecule has 0 saturated carbocycles. The Morgan fingerprint density at radius 1 is 1.08 bits per heavy atom. The molecule has 0 bridgehead atoms. The van der Waals surface area contributed by atoms with E-state index in [0.29, 0.717) is 32.1 Å². The first-order valence-electron chi connectivity index (χ1n) is 7.39. The van der Waals surface area contributed by atoms with Crippen LogP contribution in [0.1, 0.15) is 17.6 Å². The molecule has 0 radical (unpaired) electrons. The third-order valence-electron chi connectivity index (χ3n) is 3.37. The molecule has 4 nitrogen and oxygen atoms in total. The molecule has 3 aromatic rings. The van der Waals surface area contributed by atoms with Crippen molar-refractivity contribution in [1.82, 2.24) is 4.98 Å². The minimum Gasteiger partial charge on any atom is -0.459 e. The van der Waals surface area contributed by atoms with Crippen molar-refractivity contribution in [2.24, 2.45) is 0 Å². The van der Waals surface area contributed by atoms with Gasteiger partial charge in [0, 0.05) is 21.2 Å². The maximum atomic E-state index is 12.0. The minimum atomic E-state index is -0.644. The van der Waals surface area contributed by atoms with E-state index in [-0.39, 0.29) is 12.5 Å². The highest BCUT2D eigenvalue weighted by molar-refractivity contribution is 6.36. The van der Waals surface area contributed by atoms with E-state index < -0.39 is 5.97 Å². The highest BCUT2D eigenvalue weighted by Crippen LogP contribution is 2.38. The van der Waals surface area contributed by atoms with E-state index in [2.05, 4.69) is 4.98 Å². The molecule has 0 fully saturated rings. The van der Waals surface area contributed by atoms with Crippen LogP contribution in [0.25, 0.3) is 22.6 Å². The number of halogens is 3. The summed E-state index contributed by atoms with van der Waals surface area (Å²) in [5, 5.41) is 1.46. The fourth-order valence-corrected chi connectivity index (χ4v) is 2.88. The topological polar surface area (TPSA) is 52.3 Å². The predicted octanol–water partition coefficient (Wildman–Crippen LogP) is 6.15. The Bertz CT molecular complexity index is 920. The first-order chi connectivity index (χ1) is 12.0. The molecular formula is C18H12Cl3NO3. The fourth-order valence-electron chi connectivity index (χ4n) is 2.26. The first-order valence-corrected chi connectivity index (χ1v) is 8.52. The predicted molar refractivity (Wildman–Crippen MR) is 98.4 cm³/mol. The Balaban J connectivity index is 2.17. The van der Waals surface area contributed by atoms with Crippen molar-refractivity contribution in [1.29, 1.82) is 0 Å². The zero-order valence-electron chi connectivity index (χ0n) is 13.1. The number of rotatable bonds is 4. The molecule has 0 saturated heterocycles. The van der Waals surface area contributed by atoms with E-state index in [1.54, 1.807) is 49.4 Å². The number of hydrogen-bond acceptors (Lipinski definition) is 4. The molecule has 1 heterocycles. The Labute approximate surface area is 159 Å². The Morgan fingerprint density at radius 3 is 2.40 bits per heavy atom. The molecule has 1 aromatic heterocycles. The fraction of sp³-hybridized carbons (Fsp3) is 0.111. The molecule has 0 atom stereocenters. The van der Waals surface area contributed by atoms with Crippen LogP contribution in [-0.2, 0) is 4.74 Å². The number of aromatic nitrogens is 1. The monoisotopic (exact) mass is 395 g/mol. The van der Waals surface area contributed by atoms with Gasteiger partial charge in [0.05, 0.1) is 11.6 Å². The molecule has 0 amide bonds. The molecule has 7 heteroatoms. The van der Waals surface area contributed by atoms with Gasteiger partial charge in [-0.05, 0) is 37.3 Å². The van der Waals surface area contributed by atoms with E-state index in [9.17, 15) is 4.79 Å². The van der Waals surface area contributed by atoms with Gasteiger partial charge in [-0.15, -0.1) is 0 Å². The normalized spacial score (nSPS) is 10.7. The van der Waals surface area contributed by atoms with Crippen molar-refractivity contribution in [2.75, 3.05) is 6.61 Å². The van der Waals surface area contributed by atoms with Crippen molar-refractivity contribution < 1.29 is 13.9 Å². The quantitative estimate of drug-likeness (QED) is 0.497. The van der Waals surface area contributed by atoms with E-state index in [0.717, 1.165) is 5.56 Å². The molecule has 3 rings (SSSR count). The summed E-state index contributed by atoms with van der Waals surface area (Å²) in [6.45, 7) is 1.92. The van der Waals surface area contributed by atoms with Crippen molar-refractivity contribution in [3.63, 3.8) is 0 Å². The molecule has 0 aliphatic carbocycles. The second kappa shape index (κ2) is 7.48. The number of nitrogens with zero attached hydrogens (tertiary/aromatic N) is 1. The summed E-state index contributed by atoms with van der Waals surface area (Å²) < 4.78 is 10.6. The number of ether oxygens (including phenoxy) is 1. The van der Waals surface area contributed by atoms with Crippen LogP contribution in [0.15, 0.2) is 46.9 Å². The van der Waals surface area contributed by atoms with Crippen LogP contribution < -0.4 is 0 Å². The van der Waals surface area contributed by atoms with E-state index >= 15 is 0 Å². The van der Waals surface area contributed by atoms with Crippen LogP contribution >= 0.6 is 34.8 Å². The summed E-state index contributed by atoms with van der Waals surface area (Å²) in [7, 11) is 0. The van der Waals surface area contributed by atoms with Crippen molar-refractivity contribution in [3.05, 3.63) is 63.4 Å². The van der Waals surface area contributed by atoms with Crippen LogP contribution in [-0.4, -0.2) is 17.6 Å². The number of benzene rings is 2. The van der Waals surface area contributed by atoms with E-state index in [4.69, 9.17) is 44.0 Å². The number of hydrogen-bond donors (Lipinski definition) is 0.